The van der Waals surface area contributed by atoms with Gasteiger partial charge in [0.25, 0.3) is 0 Å². The van der Waals surface area contributed by atoms with Crippen LogP contribution in [0, 0.1) is 0 Å². The lowest BCUT2D eigenvalue weighted by Crippen LogP contribution is -2.44. The maximum Gasteiger partial charge on any atom is 0.391 e. The molecule has 2 aromatic rings. The third-order valence-electron chi connectivity index (χ3n) is 3.16. The first-order valence-electron chi connectivity index (χ1n) is 6.95. The van der Waals surface area contributed by atoms with Crippen molar-refractivity contribution in [1.29, 1.82) is 0 Å². The van der Waals surface area contributed by atoms with Crippen LogP contribution < -0.4 is 5.32 Å². The van der Waals surface area contributed by atoms with Gasteiger partial charge in [0.15, 0.2) is 0 Å². The molecule has 0 bridgehead atoms. The lowest BCUT2D eigenvalue weighted by Gasteiger charge is -2.16. The molecule has 1 atom stereocenters. The molecule has 4 nitrogen and oxygen atoms in total. The maximum atomic E-state index is 12.3. The average Bonchev–Trinajstić information content (AvgIpc) is 2.50. The minimum absolute atomic E-state index is 0.167. The normalized spacial score (nSPS) is 12.8. The van der Waals surface area contributed by atoms with Gasteiger partial charge in [-0.1, -0.05) is 30.3 Å². The quantitative estimate of drug-likeness (QED) is 0.777. The molecule has 2 aromatic carbocycles. The number of thioether (sulfide) groups is 1. The predicted octanol–water partition coefficient (Wildman–Crippen LogP) is 3.45. The second-order valence-electron chi connectivity index (χ2n) is 5.08. The molecule has 0 aliphatic rings. The first-order valence-corrected chi connectivity index (χ1v) is 7.94. The summed E-state index contributed by atoms with van der Waals surface area (Å²) in [4.78, 5) is 23.3. The van der Waals surface area contributed by atoms with Gasteiger partial charge in [0.2, 0.25) is 5.91 Å². The molecule has 0 aliphatic carbocycles. The summed E-state index contributed by atoms with van der Waals surface area (Å²) < 4.78 is 36.9. The molecule has 0 radical (unpaired) electrons. The van der Waals surface area contributed by atoms with E-state index in [0.717, 1.165) is 27.4 Å². The summed E-state index contributed by atoms with van der Waals surface area (Å²) in [5, 5.41) is 12.7. The maximum absolute atomic E-state index is 12.3. The second-order valence-corrected chi connectivity index (χ2v) is 6.12. The molecule has 0 spiro atoms. The summed E-state index contributed by atoms with van der Waals surface area (Å²) in [5.41, 5.74) is 0. The van der Waals surface area contributed by atoms with Gasteiger partial charge in [-0.25, -0.2) is 4.79 Å². The van der Waals surface area contributed by atoms with Crippen LogP contribution in [0.4, 0.5) is 13.2 Å². The van der Waals surface area contributed by atoms with E-state index in [1.54, 1.807) is 6.07 Å². The Kier molecular flexibility index (Phi) is 5.71. The summed E-state index contributed by atoms with van der Waals surface area (Å²) >= 11 is 1.13. The van der Waals surface area contributed by atoms with Crippen molar-refractivity contribution >= 4 is 34.4 Å². The Labute approximate surface area is 140 Å². The number of rotatable bonds is 6. The highest BCUT2D eigenvalue weighted by Gasteiger charge is 2.36. The Hall–Kier alpha value is -2.22. The molecule has 1 amide bonds. The summed E-state index contributed by atoms with van der Waals surface area (Å²) in [6.07, 6.45) is -6.27. The van der Waals surface area contributed by atoms with Gasteiger partial charge >= 0.3 is 12.1 Å². The third-order valence-corrected chi connectivity index (χ3v) is 4.15. The van der Waals surface area contributed by atoms with E-state index in [-0.39, 0.29) is 5.75 Å². The van der Waals surface area contributed by atoms with Crippen LogP contribution in [-0.4, -0.2) is 35.0 Å². The fourth-order valence-corrected chi connectivity index (χ4v) is 2.83. The van der Waals surface area contributed by atoms with E-state index >= 15 is 0 Å². The Balaban J connectivity index is 1.94. The first kappa shape index (κ1) is 18.1. The lowest BCUT2D eigenvalue weighted by atomic mass is 10.1. The number of fused-ring (bicyclic) bond motifs is 1. The molecule has 0 aromatic heterocycles. The molecule has 2 N–H and O–H groups in total. The zero-order valence-electron chi connectivity index (χ0n) is 12.3. The van der Waals surface area contributed by atoms with Crippen LogP contribution in [0.1, 0.15) is 6.42 Å². The van der Waals surface area contributed by atoms with Crippen molar-refractivity contribution in [3.63, 3.8) is 0 Å². The van der Waals surface area contributed by atoms with Crippen LogP contribution >= 0.6 is 11.8 Å². The fourth-order valence-electron chi connectivity index (χ4n) is 2.07. The van der Waals surface area contributed by atoms with Gasteiger partial charge in [0, 0.05) is 4.90 Å². The molecule has 24 heavy (non-hydrogen) atoms. The highest BCUT2D eigenvalue weighted by Crippen LogP contribution is 2.24. The smallest absolute Gasteiger partial charge is 0.391 e. The Morgan fingerprint density at radius 2 is 1.79 bits per heavy atom. The molecular weight excluding hydrogens is 343 g/mol. The van der Waals surface area contributed by atoms with Crippen molar-refractivity contribution in [2.45, 2.75) is 23.5 Å². The second kappa shape index (κ2) is 7.57. The van der Waals surface area contributed by atoms with Gasteiger partial charge in [-0.05, 0) is 22.9 Å². The fraction of sp³-hybridized carbons (Fsp3) is 0.250. The van der Waals surface area contributed by atoms with E-state index in [9.17, 15) is 22.8 Å². The molecule has 128 valence electrons. The topological polar surface area (TPSA) is 66.4 Å². The van der Waals surface area contributed by atoms with Crippen LogP contribution in [0.5, 0.6) is 0 Å². The van der Waals surface area contributed by atoms with Gasteiger partial charge in [0.05, 0.1) is 12.2 Å². The number of carbonyl (C=O) groups is 2. The number of alkyl halides is 3. The van der Waals surface area contributed by atoms with Crippen molar-refractivity contribution in [2.24, 2.45) is 0 Å². The van der Waals surface area contributed by atoms with Gasteiger partial charge in [-0.2, -0.15) is 13.2 Å². The molecule has 0 fully saturated rings. The van der Waals surface area contributed by atoms with Gasteiger partial charge in [-0.15, -0.1) is 11.8 Å². The van der Waals surface area contributed by atoms with Crippen molar-refractivity contribution < 1.29 is 27.9 Å². The number of amides is 1. The van der Waals surface area contributed by atoms with Crippen molar-refractivity contribution in [2.75, 3.05) is 5.75 Å². The van der Waals surface area contributed by atoms with Crippen LogP contribution in [0.3, 0.4) is 0 Å². The number of hydrogen-bond acceptors (Lipinski definition) is 3. The molecule has 2 rings (SSSR count). The van der Waals surface area contributed by atoms with E-state index in [1.165, 1.54) is 0 Å². The highest BCUT2D eigenvalue weighted by molar-refractivity contribution is 8.00. The minimum atomic E-state index is -4.66. The van der Waals surface area contributed by atoms with Crippen molar-refractivity contribution in [3.05, 3.63) is 42.5 Å². The van der Waals surface area contributed by atoms with Crippen molar-refractivity contribution in [1.82, 2.24) is 5.32 Å². The Morgan fingerprint density at radius 3 is 2.42 bits per heavy atom. The van der Waals surface area contributed by atoms with Crippen LogP contribution in [0.2, 0.25) is 0 Å². The third kappa shape index (κ3) is 5.45. The van der Waals surface area contributed by atoms with Crippen molar-refractivity contribution in [3.8, 4) is 0 Å². The number of hydrogen-bond donors (Lipinski definition) is 2. The lowest BCUT2D eigenvalue weighted by molar-refractivity contribution is -0.159. The van der Waals surface area contributed by atoms with Gasteiger partial charge in [0.1, 0.15) is 6.04 Å². The monoisotopic (exact) mass is 357 g/mol. The number of benzene rings is 2. The zero-order chi connectivity index (χ0) is 17.7. The summed E-state index contributed by atoms with van der Waals surface area (Å²) in [7, 11) is 0. The molecule has 0 aliphatic heterocycles. The van der Waals surface area contributed by atoms with Gasteiger partial charge in [-0.3, -0.25) is 4.79 Å². The van der Waals surface area contributed by atoms with Gasteiger partial charge < -0.3 is 10.4 Å². The van der Waals surface area contributed by atoms with Crippen LogP contribution in [-0.2, 0) is 9.59 Å². The largest absolute Gasteiger partial charge is 0.480 e. The summed E-state index contributed by atoms with van der Waals surface area (Å²) in [6, 6.07) is 11.2. The number of carbonyl (C=O) groups excluding carboxylic acids is 1. The van der Waals surface area contributed by atoms with Crippen LogP contribution in [0.25, 0.3) is 10.8 Å². The van der Waals surface area contributed by atoms with E-state index < -0.39 is 30.5 Å². The molecular formula is C16H14F3NO3S. The molecule has 8 heteroatoms. The Morgan fingerprint density at radius 1 is 1.12 bits per heavy atom. The van der Waals surface area contributed by atoms with Crippen LogP contribution in [0.15, 0.2) is 47.4 Å². The molecule has 0 heterocycles. The van der Waals surface area contributed by atoms with E-state index in [1.807, 2.05) is 41.7 Å². The number of carboxylic acid groups (broad SMARTS) is 1. The van der Waals surface area contributed by atoms with E-state index in [0.29, 0.717) is 0 Å². The summed E-state index contributed by atoms with van der Waals surface area (Å²) in [5.74, 6) is -2.64. The average molecular weight is 357 g/mol. The summed E-state index contributed by atoms with van der Waals surface area (Å²) in [6.45, 7) is 0. The number of nitrogens with one attached hydrogen (secondary N) is 1. The SMILES string of the molecule is O=C(CSc1ccc2ccccc2c1)NC(CC(F)(F)F)C(=O)O. The zero-order valence-corrected chi connectivity index (χ0v) is 13.2. The minimum Gasteiger partial charge on any atom is -0.480 e. The standard InChI is InChI=1S/C16H14F3NO3S/c17-16(18,19)8-13(15(22)23)20-14(21)9-24-12-6-5-10-3-1-2-4-11(10)7-12/h1-7,13H,8-9H2,(H,20,21)(H,22,23). The number of halogens is 3. The Bertz CT molecular complexity index is 749. The predicted molar refractivity (Wildman–Crippen MR) is 84.9 cm³/mol. The number of carboxylic acids is 1. The van der Waals surface area contributed by atoms with E-state index in [2.05, 4.69) is 0 Å². The first-order chi connectivity index (χ1) is 11.2. The molecule has 0 saturated heterocycles. The molecule has 1 unspecified atom stereocenters. The number of aliphatic carboxylic acids is 1. The van der Waals surface area contributed by atoms with E-state index in [4.69, 9.17) is 5.11 Å². The highest BCUT2D eigenvalue weighted by atomic mass is 32.2. The molecule has 0 saturated carbocycles.